The largest absolute Gasteiger partial charge is 0.382 e. The van der Waals surface area contributed by atoms with Crippen LogP contribution in [0.5, 0.6) is 0 Å². The summed E-state index contributed by atoms with van der Waals surface area (Å²) in [6.45, 7) is 0.322. The second-order valence-electron chi connectivity index (χ2n) is 10.6. The molecule has 2 unspecified atom stereocenters. The number of fused-ring (bicyclic) bond motifs is 3. The summed E-state index contributed by atoms with van der Waals surface area (Å²) in [7, 11) is 0. The third-order valence-corrected chi connectivity index (χ3v) is 10.5. The number of aromatic nitrogens is 3. The van der Waals surface area contributed by atoms with Crippen molar-refractivity contribution in [2.45, 2.75) is 62.8 Å². The lowest BCUT2D eigenvalue weighted by molar-refractivity contribution is -0.116. The maximum atomic E-state index is 14.5. The van der Waals surface area contributed by atoms with E-state index >= 15 is 0 Å². The topological polar surface area (TPSA) is 81.3 Å². The van der Waals surface area contributed by atoms with E-state index < -0.39 is 5.60 Å². The van der Waals surface area contributed by atoms with E-state index in [0.717, 1.165) is 41.7 Å². The van der Waals surface area contributed by atoms with Gasteiger partial charge in [0.2, 0.25) is 0 Å². The highest BCUT2D eigenvalue weighted by molar-refractivity contribution is 9.10. The van der Waals surface area contributed by atoms with Gasteiger partial charge < -0.3 is 14.4 Å². The van der Waals surface area contributed by atoms with E-state index in [9.17, 15) is 9.50 Å². The van der Waals surface area contributed by atoms with Gasteiger partial charge in [-0.05, 0) is 62.5 Å². The highest BCUT2D eigenvalue weighted by Crippen LogP contribution is 2.57. The molecule has 3 fully saturated rings. The summed E-state index contributed by atoms with van der Waals surface area (Å²) in [5.41, 5.74) is 1.33. The standard InChI is InChI=1S/C27H23BrCl2FN3O3S/c28-15-7-20(31)24-21(8-15)38-26(33-24)27(35)13-3-4-14(27)6-16(5-13)36-11-17-23(34-37-25(17)12-1-2-12)22-18(29)9-32-10-19(22)30/h7-10,12-14,16,35H,1-6,11H2. The molecule has 2 bridgehead atoms. The lowest BCUT2D eigenvalue weighted by Gasteiger charge is -2.41. The normalized spacial score (nSPS) is 26.9. The molecule has 4 aromatic rings. The summed E-state index contributed by atoms with van der Waals surface area (Å²) >= 11 is 17.6. The van der Waals surface area contributed by atoms with Gasteiger partial charge in [0.15, 0.2) is 5.82 Å². The molecule has 11 heteroatoms. The van der Waals surface area contributed by atoms with Crippen LogP contribution in [0.1, 0.15) is 60.8 Å². The van der Waals surface area contributed by atoms with Gasteiger partial charge in [0, 0.05) is 33.9 Å². The zero-order valence-electron chi connectivity index (χ0n) is 20.1. The molecule has 3 aromatic heterocycles. The molecular formula is C27H23BrCl2FN3O3S. The number of hydrogen-bond acceptors (Lipinski definition) is 7. The molecule has 198 valence electrons. The first-order valence-corrected chi connectivity index (χ1v) is 15.1. The number of benzene rings is 1. The summed E-state index contributed by atoms with van der Waals surface area (Å²) < 4.78 is 28.2. The quantitative estimate of drug-likeness (QED) is 0.230. The lowest BCUT2D eigenvalue weighted by atomic mass is 9.73. The average molecular weight is 639 g/mol. The van der Waals surface area contributed by atoms with E-state index in [-0.39, 0.29) is 23.8 Å². The van der Waals surface area contributed by atoms with Crippen LogP contribution in [0.4, 0.5) is 4.39 Å². The fourth-order valence-corrected chi connectivity index (χ4v) is 8.67. The summed E-state index contributed by atoms with van der Waals surface area (Å²) in [6, 6.07) is 3.27. The van der Waals surface area contributed by atoms with Gasteiger partial charge in [-0.25, -0.2) is 9.37 Å². The Morgan fingerprint density at radius 3 is 2.53 bits per heavy atom. The minimum absolute atomic E-state index is 0.00718. The van der Waals surface area contributed by atoms with Crippen LogP contribution in [0.3, 0.4) is 0 Å². The van der Waals surface area contributed by atoms with Crippen LogP contribution < -0.4 is 0 Å². The maximum absolute atomic E-state index is 14.5. The molecule has 0 radical (unpaired) electrons. The third-order valence-electron chi connectivity index (χ3n) is 8.28. The minimum Gasteiger partial charge on any atom is -0.382 e. The molecule has 3 aliphatic rings. The van der Waals surface area contributed by atoms with Crippen LogP contribution in [-0.2, 0) is 16.9 Å². The van der Waals surface area contributed by atoms with Crippen LogP contribution in [-0.4, -0.2) is 26.3 Å². The number of pyridine rings is 1. The van der Waals surface area contributed by atoms with E-state index in [2.05, 4.69) is 31.1 Å². The van der Waals surface area contributed by atoms with Crippen LogP contribution in [0.25, 0.3) is 21.5 Å². The van der Waals surface area contributed by atoms with Crippen molar-refractivity contribution < 1.29 is 18.8 Å². The van der Waals surface area contributed by atoms with Crippen LogP contribution in [0.2, 0.25) is 10.0 Å². The van der Waals surface area contributed by atoms with Crippen LogP contribution in [0.15, 0.2) is 33.5 Å². The third kappa shape index (κ3) is 4.12. The molecule has 2 atom stereocenters. The molecule has 1 N–H and O–H groups in total. The molecule has 7 rings (SSSR count). The number of rotatable bonds is 6. The molecule has 6 nitrogen and oxygen atoms in total. The van der Waals surface area contributed by atoms with Crippen molar-refractivity contribution in [2.24, 2.45) is 11.8 Å². The summed E-state index contributed by atoms with van der Waals surface area (Å²) in [4.78, 5) is 8.64. The number of hydrogen-bond donors (Lipinski definition) is 1. The van der Waals surface area contributed by atoms with E-state index in [1.54, 1.807) is 12.4 Å². The first-order chi connectivity index (χ1) is 18.3. The van der Waals surface area contributed by atoms with Gasteiger partial charge in [-0.1, -0.05) is 44.3 Å². The Balaban J connectivity index is 1.14. The van der Waals surface area contributed by atoms with E-state index in [4.69, 9.17) is 32.5 Å². The smallest absolute Gasteiger partial charge is 0.151 e. The van der Waals surface area contributed by atoms with Gasteiger partial charge in [-0.2, -0.15) is 0 Å². The van der Waals surface area contributed by atoms with Gasteiger partial charge in [0.25, 0.3) is 0 Å². The molecule has 3 aliphatic carbocycles. The van der Waals surface area contributed by atoms with Crippen molar-refractivity contribution in [3.8, 4) is 11.3 Å². The Morgan fingerprint density at radius 1 is 1.13 bits per heavy atom. The lowest BCUT2D eigenvalue weighted by Crippen LogP contribution is -2.44. The predicted molar refractivity (Wildman–Crippen MR) is 147 cm³/mol. The van der Waals surface area contributed by atoms with Gasteiger partial charge in [0.1, 0.15) is 27.6 Å². The molecule has 0 saturated heterocycles. The van der Waals surface area contributed by atoms with Crippen LogP contribution in [0, 0.1) is 17.7 Å². The Labute approximate surface area is 240 Å². The average Bonchev–Trinajstić information content (AvgIpc) is 3.46. The van der Waals surface area contributed by atoms with Crippen molar-refractivity contribution in [2.75, 3.05) is 0 Å². The maximum Gasteiger partial charge on any atom is 0.151 e. The molecule has 0 amide bonds. The molecule has 0 spiro atoms. The fourth-order valence-electron chi connectivity index (χ4n) is 6.28. The SMILES string of the molecule is OC1(c2nc3c(F)cc(Br)cc3s2)C2CCC1CC(OCc1c(-c3c(Cl)cncc3Cl)noc1C1CC1)C2. The van der Waals surface area contributed by atoms with Gasteiger partial charge in [-0.3, -0.25) is 4.98 Å². The Hall–Kier alpha value is -1.62. The van der Waals surface area contributed by atoms with Crippen LogP contribution >= 0.6 is 50.5 Å². The fraction of sp³-hybridized carbons (Fsp3) is 0.444. The Morgan fingerprint density at radius 2 is 1.84 bits per heavy atom. The number of thiazole rings is 1. The first kappa shape index (κ1) is 25.4. The van der Waals surface area contributed by atoms with Gasteiger partial charge in [-0.15, -0.1) is 11.3 Å². The van der Waals surface area contributed by atoms with Crippen molar-refractivity contribution in [1.82, 2.24) is 15.1 Å². The zero-order chi connectivity index (χ0) is 26.2. The highest BCUT2D eigenvalue weighted by Gasteiger charge is 2.56. The second-order valence-corrected chi connectivity index (χ2v) is 13.3. The number of ether oxygens (including phenoxy) is 1. The number of halogens is 4. The molecule has 3 saturated carbocycles. The molecule has 0 aliphatic heterocycles. The predicted octanol–water partition coefficient (Wildman–Crippen LogP) is 8.03. The summed E-state index contributed by atoms with van der Waals surface area (Å²) in [6.07, 6.45) is 8.34. The monoisotopic (exact) mass is 637 g/mol. The summed E-state index contributed by atoms with van der Waals surface area (Å²) in [5, 5.41) is 17.7. The highest BCUT2D eigenvalue weighted by atomic mass is 79.9. The van der Waals surface area contributed by atoms with E-state index in [0.29, 0.717) is 61.7 Å². The number of aliphatic hydroxyl groups is 1. The van der Waals surface area contributed by atoms with Gasteiger partial charge in [0.05, 0.1) is 27.5 Å². The van der Waals surface area contributed by atoms with Crippen molar-refractivity contribution in [1.29, 1.82) is 0 Å². The van der Waals surface area contributed by atoms with Crippen molar-refractivity contribution in [3.63, 3.8) is 0 Å². The van der Waals surface area contributed by atoms with Crippen molar-refractivity contribution >= 4 is 60.7 Å². The Bertz CT molecular complexity index is 1520. The van der Waals surface area contributed by atoms with Gasteiger partial charge >= 0.3 is 0 Å². The van der Waals surface area contributed by atoms with E-state index in [1.807, 2.05) is 6.07 Å². The summed E-state index contributed by atoms with van der Waals surface area (Å²) in [5.74, 6) is 0.776. The Kier molecular flexibility index (Phi) is 6.33. The second kappa shape index (κ2) is 9.49. The van der Waals surface area contributed by atoms with Crippen molar-refractivity contribution in [3.05, 3.63) is 61.2 Å². The molecule has 38 heavy (non-hydrogen) atoms. The molecule has 1 aromatic carbocycles. The molecule has 3 heterocycles. The zero-order valence-corrected chi connectivity index (χ0v) is 24.0. The first-order valence-electron chi connectivity index (χ1n) is 12.7. The minimum atomic E-state index is -1.07. The molecular weight excluding hydrogens is 616 g/mol. The van der Waals surface area contributed by atoms with E-state index in [1.165, 1.54) is 17.4 Å². The number of nitrogens with zero attached hydrogens (tertiary/aromatic N) is 3.